The lowest BCUT2D eigenvalue weighted by atomic mass is 9.79. The maximum Gasteiger partial charge on any atom is 0.319 e. The van der Waals surface area contributed by atoms with E-state index < -0.39 is 0 Å². The Kier molecular flexibility index (Phi) is 7.18. The number of hydrogen-bond acceptors (Lipinski definition) is 3. The SMILES string of the molecule is CCC(CC)(CCO)CNC(=O)Nc1cc(OC)ccc1C. The summed E-state index contributed by atoms with van der Waals surface area (Å²) in [4.78, 5) is 12.1. The number of benzene rings is 1. The molecule has 22 heavy (non-hydrogen) atoms. The summed E-state index contributed by atoms with van der Waals surface area (Å²) in [5.41, 5.74) is 1.66. The summed E-state index contributed by atoms with van der Waals surface area (Å²) >= 11 is 0. The Morgan fingerprint density at radius 1 is 1.32 bits per heavy atom. The zero-order valence-corrected chi connectivity index (χ0v) is 14.0. The van der Waals surface area contributed by atoms with Crippen LogP contribution < -0.4 is 15.4 Å². The van der Waals surface area contributed by atoms with Crippen molar-refractivity contribution in [3.63, 3.8) is 0 Å². The molecule has 1 aromatic rings. The molecule has 0 aliphatic carbocycles. The highest BCUT2D eigenvalue weighted by Gasteiger charge is 2.26. The smallest absolute Gasteiger partial charge is 0.319 e. The molecule has 1 rings (SSSR count). The van der Waals surface area contributed by atoms with E-state index >= 15 is 0 Å². The van der Waals surface area contributed by atoms with Crippen LogP contribution in [0.2, 0.25) is 0 Å². The number of aliphatic hydroxyl groups is 1. The van der Waals surface area contributed by atoms with Gasteiger partial charge >= 0.3 is 6.03 Å². The van der Waals surface area contributed by atoms with E-state index in [1.807, 2.05) is 19.1 Å². The lowest BCUT2D eigenvalue weighted by molar-refractivity contribution is 0.165. The van der Waals surface area contributed by atoms with E-state index in [0.717, 1.165) is 24.1 Å². The summed E-state index contributed by atoms with van der Waals surface area (Å²) in [6.45, 7) is 6.80. The minimum Gasteiger partial charge on any atom is -0.497 e. The van der Waals surface area contributed by atoms with Gasteiger partial charge in [0.05, 0.1) is 7.11 Å². The van der Waals surface area contributed by atoms with Crippen LogP contribution in [0.15, 0.2) is 18.2 Å². The first-order valence-corrected chi connectivity index (χ1v) is 7.80. The third-order valence-electron chi connectivity index (χ3n) is 4.46. The van der Waals surface area contributed by atoms with Crippen molar-refractivity contribution in [3.8, 4) is 5.75 Å². The van der Waals surface area contributed by atoms with E-state index in [1.165, 1.54) is 0 Å². The summed E-state index contributed by atoms with van der Waals surface area (Å²) < 4.78 is 5.17. The van der Waals surface area contributed by atoms with E-state index in [1.54, 1.807) is 13.2 Å². The van der Waals surface area contributed by atoms with Gasteiger partial charge in [0, 0.05) is 24.9 Å². The Morgan fingerprint density at radius 3 is 2.55 bits per heavy atom. The number of amides is 2. The molecule has 2 amide bonds. The first kappa shape index (κ1) is 18.3. The number of nitrogens with one attached hydrogen (secondary N) is 2. The molecule has 0 saturated heterocycles. The third-order valence-corrected chi connectivity index (χ3v) is 4.46. The molecular formula is C17H28N2O3. The fourth-order valence-corrected chi connectivity index (χ4v) is 2.48. The highest BCUT2D eigenvalue weighted by Crippen LogP contribution is 2.29. The number of hydrogen-bond donors (Lipinski definition) is 3. The van der Waals surface area contributed by atoms with Gasteiger partial charge in [-0.15, -0.1) is 0 Å². The molecule has 0 radical (unpaired) electrons. The summed E-state index contributed by atoms with van der Waals surface area (Å²) in [6, 6.07) is 5.33. The Bertz CT molecular complexity index is 485. The number of aliphatic hydroxyl groups excluding tert-OH is 1. The molecule has 0 heterocycles. The maximum absolute atomic E-state index is 12.1. The molecule has 0 fully saturated rings. The van der Waals surface area contributed by atoms with E-state index in [4.69, 9.17) is 4.74 Å². The van der Waals surface area contributed by atoms with Gasteiger partial charge in [0.1, 0.15) is 5.75 Å². The van der Waals surface area contributed by atoms with Gasteiger partial charge in [0.2, 0.25) is 0 Å². The van der Waals surface area contributed by atoms with Crippen molar-refractivity contribution in [3.05, 3.63) is 23.8 Å². The Hall–Kier alpha value is -1.75. The van der Waals surface area contributed by atoms with Gasteiger partial charge in [-0.25, -0.2) is 4.79 Å². The van der Waals surface area contributed by atoms with Gasteiger partial charge in [-0.1, -0.05) is 19.9 Å². The number of ether oxygens (including phenoxy) is 1. The van der Waals surface area contributed by atoms with Gasteiger partial charge in [0.15, 0.2) is 0 Å². The van der Waals surface area contributed by atoms with Crippen LogP contribution in [-0.2, 0) is 0 Å². The Morgan fingerprint density at radius 2 is 2.00 bits per heavy atom. The molecule has 5 nitrogen and oxygen atoms in total. The van der Waals surface area contributed by atoms with E-state index in [9.17, 15) is 9.90 Å². The molecule has 0 atom stereocenters. The number of aryl methyl sites for hydroxylation is 1. The lowest BCUT2D eigenvalue weighted by Crippen LogP contribution is -2.39. The fraction of sp³-hybridized carbons (Fsp3) is 0.588. The van der Waals surface area contributed by atoms with Crippen molar-refractivity contribution in [2.45, 2.75) is 40.0 Å². The number of methoxy groups -OCH3 is 1. The van der Waals surface area contributed by atoms with Gasteiger partial charge in [0.25, 0.3) is 0 Å². The highest BCUT2D eigenvalue weighted by molar-refractivity contribution is 5.90. The van der Waals surface area contributed by atoms with Crippen molar-refractivity contribution in [2.24, 2.45) is 5.41 Å². The average molecular weight is 308 g/mol. The van der Waals surface area contributed by atoms with Crippen molar-refractivity contribution in [1.29, 1.82) is 0 Å². The average Bonchev–Trinajstić information content (AvgIpc) is 2.53. The minimum atomic E-state index is -0.236. The molecule has 0 aromatic heterocycles. The van der Waals surface area contributed by atoms with Crippen molar-refractivity contribution in [2.75, 3.05) is 25.6 Å². The van der Waals surface area contributed by atoms with Gasteiger partial charge in [-0.3, -0.25) is 0 Å². The van der Waals surface area contributed by atoms with Gasteiger partial charge in [-0.05, 0) is 43.2 Å². The molecular weight excluding hydrogens is 280 g/mol. The summed E-state index contributed by atoms with van der Waals surface area (Å²) in [7, 11) is 1.60. The Balaban J connectivity index is 2.66. The predicted octanol–water partition coefficient (Wildman–Crippen LogP) is 3.31. The first-order valence-electron chi connectivity index (χ1n) is 7.80. The molecule has 5 heteroatoms. The van der Waals surface area contributed by atoms with E-state index in [-0.39, 0.29) is 18.1 Å². The van der Waals surface area contributed by atoms with Crippen LogP contribution in [0, 0.1) is 12.3 Å². The molecule has 0 saturated carbocycles. The van der Waals surface area contributed by atoms with Crippen LogP contribution in [0.25, 0.3) is 0 Å². The second-order valence-corrected chi connectivity index (χ2v) is 5.67. The molecule has 3 N–H and O–H groups in total. The lowest BCUT2D eigenvalue weighted by Gasteiger charge is -2.31. The van der Waals surface area contributed by atoms with Crippen LogP contribution >= 0.6 is 0 Å². The molecule has 0 spiro atoms. The zero-order valence-electron chi connectivity index (χ0n) is 14.0. The van der Waals surface area contributed by atoms with Crippen LogP contribution in [-0.4, -0.2) is 31.4 Å². The van der Waals surface area contributed by atoms with Crippen LogP contribution in [0.5, 0.6) is 5.75 Å². The predicted molar refractivity (Wildman–Crippen MR) is 89.5 cm³/mol. The summed E-state index contributed by atoms with van der Waals surface area (Å²) in [5, 5.41) is 15.0. The van der Waals surface area contributed by atoms with Crippen molar-refractivity contribution in [1.82, 2.24) is 5.32 Å². The Labute approximate surface area is 133 Å². The highest BCUT2D eigenvalue weighted by atomic mass is 16.5. The third kappa shape index (κ3) is 4.91. The molecule has 124 valence electrons. The number of urea groups is 1. The minimum absolute atomic E-state index is 0.0461. The molecule has 0 unspecified atom stereocenters. The summed E-state index contributed by atoms with van der Waals surface area (Å²) in [5.74, 6) is 0.706. The normalized spacial score (nSPS) is 11.1. The van der Waals surface area contributed by atoms with Crippen molar-refractivity contribution < 1.29 is 14.6 Å². The van der Waals surface area contributed by atoms with E-state index in [0.29, 0.717) is 18.7 Å². The van der Waals surface area contributed by atoms with E-state index in [2.05, 4.69) is 24.5 Å². The van der Waals surface area contributed by atoms with Gasteiger partial charge < -0.3 is 20.5 Å². The number of rotatable bonds is 8. The number of carbonyl (C=O) groups is 1. The molecule has 0 aliphatic heterocycles. The number of carbonyl (C=O) groups excluding carboxylic acids is 1. The molecule has 1 aromatic carbocycles. The second kappa shape index (κ2) is 8.63. The zero-order chi connectivity index (χ0) is 16.6. The maximum atomic E-state index is 12.1. The molecule has 0 bridgehead atoms. The topological polar surface area (TPSA) is 70.6 Å². The monoisotopic (exact) mass is 308 g/mol. The molecule has 0 aliphatic rings. The largest absolute Gasteiger partial charge is 0.497 e. The van der Waals surface area contributed by atoms with Crippen LogP contribution in [0.1, 0.15) is 38.7 Å². The fourth-order valence-electron chi connectivity index (χ4n) is 2.48. The first-order chi connectivity index (χ1) is 10.5. The standard InChI is InChI=1S/C17H28N2O3/c1-5-17(6-2,9-10-20)12-18-16(21)19-15-11-14(22-4)8-7-13(15)3/h7-8,11,20H,5-6,9-10,12H2,1-4H3,(H2,18,19,21). The van der Waals surface area contributed by atoms with Crippen LogP contribution in [0.3, 0.4) is 0 Å². The second-order valence-electron chi connectivity index (χ2n) is 5.67. The summed E-state index contributed by atoms with van der Waals surface area (Å²) in [6.07, 6.45) is 2.53. The van der Waals surface area contributed by atoms with Crippen molar-refractivity contribution >= 4 is 11.7 Å². The number of anilines is 1. The van der Waals surface area contributed by atoms with Crippen LogP contribution in [0.4, 0.5) is 10.5 Å². The van der Waals surface area contributed by atoms with Gasteiger partial charge in [-0.2, -0.15) is 0 Å². The quantitative estimate of drug-likeness (QED) is 0.690.